The van der Waals surface area contributed by atoms with Crippen LogP contribution >= 0.6 is 0 Å². The molecule has 2 fully saturated rings. The molecule has 0 aromatic rings. The predicted octanol–water partition coefficient (Wildman–Crippen LogP) is 20.4. The lowest BCUT2D eigenvalue weighted by Crippen LogP contribution is -2.65. The Hall–Kier alpha value is -3.09. The van der Waals surface area contributed by atoms with Crippen LogP contribution in [0.5, 0.6) is 0 Å². The highest BCUT2D eigenvalue weighted by Gasteiger charge is 2.51. The number of hydrogen-bond acceptors (Lipinski definition) is 13. The van der Waals surface area contributed by atoms with Gasteiger partial charge in [0.2, 0.25) is 5.91 Å². The van der Waals surface area contributed by atoms with Crippen molar-refractivity contribution >= 4 is 5.91 Å². The Morgan fingerprint density at radius 3 is 1.07 bits per heavy atom. The van der Waals surface area contributed by atoms with Crippen LogP contribution in [0.2, 0.25) is 0 Å². The van der Waals surface area contributed by atoms with Crippen molar-refractivity contribution in [3.63, 3.8) is 0 Å². The van der Waals surface area contributed by atoms with Gasteiger partial charge in [-0.25, -0.2) is 0 Å². The van der Waals surface area contributed by atoms with E-state index in [1.54, 1.807) is 6.08 Å². The Morgan fingerprint density at radius 2 is 0.680 bits per heavy atom. The number of carbonyl (C=O) groups is 1. The standard InChI is InChI=1S/C89H159NO13/c1-3-5-7-9-11-13-15-17-19-21-23-25-27-29-31-33-35-36-37-38-39-40-41-42-43-45-47-49-51-53-55-57-59-61-63-65-67-69-71-73-81(94)90-77(76-100-88-86(99)84(97)87(80(75-92)102-88)103-89-85(98)83(96)82(95)79(74-91)101-89)78(93)72-70-68-66-64-62-60-58-56-54-52-50-48-46-44-34-32-30-28-26-24-22-20-18-16-14-12-10-8-6-4-2/h5,7,11,13,17,19,23,25,29,31,54,56,62,64,70,72,77-80,82-89,91-93,95-99H,3-4,6,8-10,12,14-16,18,20-22,24,26-28,30,32-53,55,57-61,63,65-69,71,73-76H2,1-2H3,(H,90,94)/b7-5-,13-11-,19-17-,25-23-,31-29-,56-54+,64-62+,72-70+. The van der Waals surface area contributed by atoms with Crippen molar-refractivity contribution in [1.82, 2.24) is 5.32 Å². The van der Waals surface area contributed by atoms with Gasteiger partial charge in [-0.1, -0.05) is 368 Å². The summed E-state index contributed by atoms with van der Waals surface area (Å²) in [6.07, 6.45) is 86.6. The highest BCUT2D eigenvalue weighted by Crippen LogP contribution is 2.30. The molecule has 2 rings (SSSR count). The van der Waals surface area contributed by atoms with E-state index in [2.05, 4.69) is 104 Å². The molecule has 12 atom stereocenters. The SMILES string of the molecule is CC/C=C\C/C=C\C/C=C\C/C=C\C/C=C\CCCCCCCCCCCCCCCCCCCCCCCCCC(=O)NC(COC1OC(CO)C(OC2OC(CO)C(O)C(O)C2O)C(O)C1O)C(O)/C=C/CC/C=C/CC/C=C/CCCCCCCCCCCCCCCCCCCCCC. The molecular weight excluding hydrogens is 1290 g/mol. The van der Waals surface area contributed by atoms with E-state index in [1.165, 1.54) is 257 Å². The molecule has 12 unspecified atom stereocenters. The number of amides is 1. The molecule has 2 aliphatic rings. The number of aliphatic hydroxyl groups excluding tert-OH is 8. The maximum absolute atomic E-state index is 13.4. The third kappa shape index (κ3) is 54.2. The predicted molar refractivity (Wildman–Crippen MR) is 429 cm³/mol. The zero-order valence-corrected chi connectivity index (χ0v) is 65.8. The summed E-state index contributed by atoms with van der Waals surface area (Å²) in [6.45, 7) is 2.71. The van der Waals surface area contributed by atoms with Crippen LogP contribution in [-0.4, -0.2) is 140 Å². The first-order valence-corrected chi connectivity index (χ1v) is 43.0. The Kier molecular flexibility index (Phi) is 66.9. The number of nitrogens with one attached hydrogen (secondary N) is 1. The molecule has 2 heterocycles. The molecule has 0 aromatic heterocycles. The molecule has 0 aliphatic carbocycles. The molecule has 14 heteroatoms. The van der Waals surface area contributed by atoms with Gasteiger partial charge >= 0.3 is 0 Å². The molecule has 2 saturated heterocycles. The molecule has 103 heavy (non-hydrogen) atoms. The Bertz CT molecular complexity index is 2110. The summed E-state index contributed by atoms with van der Waals surface area (Å²) in [7, 11) is 0. The molecule has 14 nitrogen and oxygen atoms in total. The summed E-state index contributed by atoms with van der Waals surface area (Å²) in [4.78, 5) is 13.4. The van der Waals surface area contributed by atoms with Crippen molar-refractivity contribution in [3.05, 3.63) is 97.2 Å². The second-order valence-corrected chi connectivity index (χ2v) is 29.9. The first kappa shape index (κ1) is 96.0. The molecule has 0 aromatic carbocycles. The van der Waals surface area contributed by atoms with E-state index in [9.17, 15) is 45.6 Å². The van der Waals surface area contributed by atoms with Crippen molar-refractivity contribution in [2.24, 2.45) is 0 Å². The maximum atomic E-state index is 13.4. The zero-order valence-electron chi connectivity index (χ0n) is 65.8. The van der Waals surface area contributed by atoms with Gasteiger partial charge in [-0.05, 0) is 89.9 Å². The molecule has 0 saturated carbocycles. The minimum Gasteiger partial charge on any atom is -0.394 e. The van der Waals surface area contributed by atoms with Crippen LogP contribution in [0.3, 0.4) is 0 Å². The van der Waals surface area contributed by atoms with Crippen LogP contribution in [0.4, 0.5) is 0 Å². The third-order valence-corrected chi connectivity index (χ3v) is 20.5. The Morgan fingerprint density at radius 1 is 0.359 bits per heavy atom. The van der Waals surface area contributed by atoms with E-state index in [-0.39, 0.29) is 18.9 Å². The third-order valence-electron chi connectivity index (χ3n) is 20.5. The fraction of sp³-hybridized carbons (Fsp3) is 0.809. The molecule has 0 bridgehead atoms. The van der Waals surface area contributed by atoms with Crippen molar-refractivity contribution in [2.75, 3.05) is 19.8 Å². The minimum absolute atomic E-state index is 0.248. The van der Waals surface area contributed by atoms with Crippen LogP contribution in [0, 0.1) is 0 Å². The van der Waals surface area contributed by atoms with Gasteiger partial charge in [0.25, 0.3) is 0 Å². The summed E-state index contributed by atoms with van der Waals surface area (Å²) in [6, 6.07) is -0.943. The van der Waals surface area contributed by atoms with E-state index in [0.717, 1.165) is 77.0 Å². The van der Waals surface area contributed by atoms with E-state index >= 15 is 0 Å². The summed E-state index contributed by atoms with van der Waals surface area (Å²) in [5.74, 6) is -0.248. The molecule has 0 spiro atoms. The topological polar surface area (TPSA) is 228 Å². The number of hydrogen-bond donors (Lipinski definition) is 9. The fourth-order valence-electron chi connectivity index (χ4n) is 13.8. The lowest BCUT2D eigenvalue weighted by atomic mass is 9.97. The second-order valence-electron chi connectivity index (χ2n) is 29.9. The van der Waals surface area contributed by atoms with Gasteiger partial charge in [-0.15, -0.1) is 0 Å². The van der Waals surface area contributed by atoms with Crippen molar-refractivity contribution in [1.29, 1.82) is 0 Å². The van der Waals surface area contributed by atoms with Crippen molar-refractivity contribution < 1.29 is 64.6 Å². The number of aliphatic hydroxyl groups is 8. The molecule has 2 aliphatic heterocycles. The number of allylic oxidation sites excluding steroid dienone is 15. The number of unbranched alkanes of at least 4 members (excludes halogenated alkanes) is 45. The highest BCUT2D eigenvalue weighted by molar-refractivity contribution is 5.76. The number of rotatable bonds is 72. The number of ether oxygens (including phenoxy) is 4. The van der Waals surface area contributed by atoms with E-state index in [4.69, 9.17) is 18.9 Å². The minimum atomic E-state index is -1.80. The van der Waals surface area contributed by atoms with Crippen molar-refractivity contribution in [3.8, 4) is 0 Å². The van der Waals surface area contributed by atoms with Gasteiger partial charge in [0, 0.05) is 6.42 Å². The average molecular weight is 1450 g/mol. The summed E-state index contributed by atoms with van der Waals surface area (Å²) in [5.41, 5.74) is 0. The molecular formula is C89H159NO13. The Balaban J connectivity index is 1.59. The van der Waals surface area contributed by atoms with Gasteiger partial charge in [0.05, 0.1) is 32.0 Å². The van der Waals surface area contributed by atoms with Gasteiger partial charge in [-0.3, -0.25) is 4.79 Å². The highest BCUT2D eigenvalue weighted by atomic mass is 16.7. The first-order valence-electron chi connectivity index (χ1n) is 43.0. The van der Waals surface area contributed by atoms with Crippen LogP contribution in [0.25, 0.3) is 0 Å². The Labute approximate surface area is 630 Å². The molecule has 598 valence electrons. The fourth-order valence-corrected chi connectivity index (χ4v) is 13.8. The van der Waals surface area contributed by atoms with Gasteiger partial charge in [-0.2, -0.15) is 0 Å². The largest absolute Gasteiger partial charge is 0.394 e. The van der Waals surface area contributed by atoms with Crippen LogP contribution < -0.4 is 5.32 Å². The van der Waals surface area contributed by atoms with Gasteiger partial charge < -0.3 is 65.1 Å². The number of carbonyl (C=O) groups excluding carboxylic acids is 1. The van der Waals surface area contributed by atoms with E-state index in [0.29, 0.717) is 12.8 Å². The maximum Gasteiger partial charge on any atom is 0.220 e. The summed E-state index contributed by atoms with van der Waals surface area (Å²) < 4.78 is 22.9. The quantitative estimate of drug-likeness (QED) is 0.0204. The first-order chi connectivity index (χ1) is 50.6. The van der Waals surface area contributed by atoms with E-state index < -0.39 is 86.8 Å². The average Bonchev–Trinajstić information content (AvgIpc) is 0.791. The lowest BCUT2D eigenvalue weighted by Gasteiger charge is -2.46. The van der Waals surface area contributed by atoms with Gasteiger partial charge in [0.1, 0.15) is 48.8 Å². The second kappa shape index (κ2) is 71.8. The van der Waals surface area contributed by atoms with E-state index in [1.807, 2.05) is 6.08 Å². The van der Waals surface area contributed by atoms with Crippen LogP contribution in [0.15, 0.2) is 97.2 Å². The summed E-state index contributed by atoms with van der Waals surface area (Å²) in [5, 5.41) is 87.7. The normalized spacial score (nSPS) is 22.0. The molecule has 0 radical (unpaired) electrons. The monoisotopic (exact) mass is 1450 g/mol. The van der Waals surface area contributed by atoms with Crippen LogP contribution in [0.1, 0.15) is 367 Å². The zero-order chi connectivity index (χ0) is 74.4. The smallest absolute Gasteiger partial charge is 0.220 e. The molecule has 9 N–H and O–H groups in total. The van der Waals surface area contributed by atoms with Crippen molar-refractivity contribution in [2.45, 2.75) is 441 Å². The lowest BCUT2D eigenvalue weighted by molar-refractivity contribution is -0.359. The summed E-state index contributed by atoms with van der Waals surface area (Å²) >= 11 is 0. The van der Waals surface area contributed by atoms with Gasteiger partial charge in [0.15, 0.2) is 12.6 Å². The van der Waals surface area contributed by atoms with Crippen LogP contribution in [-0.2, 0) is 23.7 Å². The molecule has 1 amide bonds.